The summed E-state index contributed by atoms with van der Waals surface area (Å²) < 4.78 is 1.88. The molecular weight excluding hydrogens is 391 g/mol. The van der Waals surface area contributed by atoms with Crippen LogP contribution in [0, 0.1) is 6.92 Å². The molecule has 0 saturated carbocycles. The van der Waals surface area contributed by atoms with Gasteiger partial charge in [0.05, 0.1) is 21.5 Å². The Hall–Kier alpha value is -2.02. The second-order valence-electron chi connectivity index (χ2n) is 5.62. The Morgan fingerprint density at radius 3 is 2.69 bits per heavy atom. The third-order valence-corrected chi connectivity index (χ3v) is 5.62. The number of halogens is 2. The summed E-state index contributed by atoms with van der Waals surface area (Å²) in [6.07, 6.45) is 0. The summed E-state index contributed by atoms with van der Waals surface area (Å²) in [6.45, 7) is 2.03. The van der Waals surface area contributed by atoms with Crippen LogP contribution in [0.2, 0.25) is 10.0 Å². The number of aryl methyl sites for hydroxylation is 1. The fourth-order valence-electron chi connectivity index (χ4n) is 2.42. The molecule has 0 bridgehead atoms. The lowest BCUT2D eigenvalue weighted by Crippen LogP contribution is -2.14. The number of benzene rings is 2. The molecule has 0 saturated heterocycles. The zero-order chi connectivity index (χ0) is 18.7. The number of thioether (sulfide) groups is 1. The molecule has 1 amide bonds. The van der Waals surface area contributed by atoms with Crippen LogP contribution < -0.4 is 5.32 Å². The smallest absolute Gasteiger partial charge is 0.234 e. The van der Waals surface area contributed by atoms with Gasteiger partial charge in [0.2, 0.25) is 5.91 Å². The minimum absolute atomic E-state index is 0.183. The number of aromatic nitrogens is 3. The predicted molar refractivity (Wildman–Crippen MR) is 107 cm³/mol. The van der Waals surface area contributed by atoms with Gasteiger partial charge in [0.15, 0.2) is 11.0 Å². The highest BCUT2D eigenvalue weighted by Gasteiger charge is 2.15. The summed E-state index contributed by atoms with van der Waals surface area (Å²) in [5.74, 6) is 0.756. The zero-order valence-electron chi connectivity index (χ0n) is 14.2. The van der Waals surface area contributed by atoms with Crippen LogP contribution in [0.5, 0.6) is 0 Å². The molecule has 0 fully saturated rings. The van der Waals surface area contributed by atoms with Gasteiger partial charge in [-0.05, 0) is 24.6 Å². The molecule has 1 aromatic heterocycles. The lowest BCUT2D eigenvalue weighted by Gasteiger charge is -2.08. The molecule has 5 nitrogen and oxygen atoms in total. The fraction of sp³-hybridized carbons (Fsp3) is 0.167. The average molecular weight is 407 g/mol. The Bertz CT molecular complexity index is 958. The minimum Gasteiger partial charge on any atom is -0.324 e. The molecule has 3 aromatic rings. The van der Waals surface area contributed by atoms with Crippen LogP contribution in [-0.2, 0) is 11.8 Å². The number of rotatable bonds is 5. The maximum atomic E-state index is 12.2. The molecule has 1 heterocycles. The summed E-state index contributed by atoms with van der Waals surface area (Å²) in [6, 6.07) is 13.1. The summed E-state index contributed by atoms with van der Waals surface area (Å²) in [4.78, 5) is 12.2. The van der Waals surface area contributed by atoms with Crippen molar-refractivity contribution in [3.63, 3.8) is 0 Å². The summed E-state index contributed by atoms with van der Waals surface area (Å²) in [5.41, 5.74) is 2.63. The normalized spacial score (nSPS) is 10.8. The molecule has 0 spiro atoms. The minimum atomic E-state index is -0.195. The Labute approximate surface area is 165 Å². The number of nitrogens with zero attached hydrogens (tertiary/aromatic N) is 3. The first-order valence-corrected chi connectivity index (χ1v) is 9.53. The lowest BCUT2D eigenvalue weighted by atomic mass is 10.1. The number of amides is 1. The second kappa shape index (κ2) is 8.12. The van der Waals surface area contributed by atoms with E-state index < -0.39 is 0 Å². The highest BCUT2D eigenvalue weighted by molar-refractivity contribution is 7.99. The number of nitrogens with one attached hydrogen (secondary N) is 1. The van der Waals surface area contributed by atoms with Crippen LogP contribution in [0.15, 0.2) is 47.6 Å². The summed E-state index contributed by atoms with van der Waals surface area (Å²) in [7, 11) is 1.88. The van der Waals surface area contributed by atoms with Crippen molar-refractivity contribution in [2.75, 3.05) is 11.1 Å². The number of hydrogen-bond donors (Lipinski definition) is 1. The molecular formula is C18H16Cl2N4OS. The van der Waals surface area contributed by atoms with Crippen LogP contribution in [0.1, 0.15) is 5.56 Å². The van der Waals surface area contributed by atoms with E-state index in [1.54, 1.807) is 18.2 Å². The third-order valence-electron chi connectivity index (χ3n) is 3.78. The van der Waals surface area contributed by atoms with Crippen molar-refractivity contribution in [2.24, 2.45) is 7.05 Å². The predicted octanol–water partition coefficient (Wildman–Crippen LogP) is 4.83. The lowest BCUT2D eigenvalue weighted by molar-refractivity contribution is -0.113. The molecule has 0 unspecified atom stereocenters. The Morgan fingerprint density at radius 1 is 1.15 bits per heavy atom. The quantitative estimate of drug-likeness (QED) is 0.616. The van der Waals surface area contributed by atoms with Crippen LogP contribution in [0.4, 0.5) is 5.69 Å². The molecule has 0 aliphatic carbocycles. The van der Waals surface area contributed by atoms with Crippen molar-refractivity contribution < 1.29 is 4.79 Å². The van der Waals surface area contributed by atoms with E-state index >= 15 is 0 Å². The van der Waals surface area contributed by atoms with Crippen molar-refractivity contribution in [3.8, 4) is 11.4 Å². The standard InChI is InChI=1S/C18H16Cl2N4OS/c1-11-6-3-4-7-12(11)17-22-23-18(24(17)2)26-10-15(25)21-14-9-5-8-13(19)16(14)20/h3-9H,10H2,1-2H3,(H,21,25). The van der Waals surface area contributed by atoms with Gasteiger partial charge >= 0.3 is 0 Å². The highest BCUT2D eigenvalue weighted by Crippen LogP contribution is 2.30. The molecule has 8 heteroatoms. The van der Waals surface area contributed by atoms with Gasteiger partial charge in [0, 0.05) is 12.6 Å². The molecule has 0 aliphatic rings. The van der Waals surface area contributed by atoms with Crippen molar-refractivity contribution >= 4 is 46.6 Å². The monoisotopic (exact) mass is 406 g/mol. The first kappa shape index (κ1) is 18.8. The number of hydrogen-bond acceptors (Lipinski definition) is 4. The maximum Gasteiger partial charge on any atom is 0.234 e. The van der Waals surface area contributed by atoms with Gasteiger partial charge in [-0.15, -0.1) is 10.2 Å². The first-order valence-electron chi connectivity index (χ1n) is 7.79. The van der Waals surface area contributed by atoms with E-state index in [-0.39, 0.29) is 11.7 Å². The molecule has 26 heavy (non-hydrogen) atoms. The van der Waals surface area contributed by atoms with Crippen molar-refractivity contribution in [2.45, 2.75) is 12.1 Å². The number of carbonyl (C=O) groups excluding carboxylic acids is 1. The van der Waals surface area contributed by atoms with Gasteiger partial charge in [-0.1, -0.05) is 65.3 Å². The number of anilines is 1. The molecule has 0 atom stereocenters. The van der Waals surface area contributed by atoms with Gasteiger partial charge in [-0.25, -0.2) is 0 Å². The Morgan fingerprint density at radius 2 is 1.92 bits per heavy atom. The number of carbonyl (C=O) groups is 1. The zero-order valence-corrected chi connectivity index (χ0v) is 16.5. The van der Waals surface area contributed by atoms with Gasteiger partial charge in [0.25, 0.3) is 0 Å². The first-order chi connectivity index (χ1) is 12.5. The van der Waals surface area contributed by atoms with E-state index in [2.05, 4.69) is 15.5 Å². The molecule has 134 valence electrons. The van der Waals surface area contributed by atoms with E-state index in [0.29, 0.717) is 20.9 Å². The van der Waals surface area contributed by atoms with Gasteiger partial charge in [-0.2, -0.15) is 0 Å². The van der Waals surface area contributed by atoms with Crippen molar-refractivity contribution in [1.29, 1.82) is 0 Å². The second-order valence-corrected chi connectivity index (χ2v) is 7.35. The molecule has 3 rings (SSSR count). The van der Waals surface area contributed by atoms with E-state index in [1.807, 2.05) is 42.8 Å². The van der Waals surface area contributed by atoms with Crippen LogP contribution >= 0.6 is 35.0 Å². The summed E-state index contributed by atoms with van der Waals surface area (Å²) in [5, 5.41) is 12.6. The van der Waals surface area contributed by atoms with Crippen molar-refractivity contribution in [1.82, 2.24) is 14.8 Å². The van der Waals surface area contributed by atoms with E-state index in [9.17, 15) is 4.79 Å². The largest absolute Gasteiger partial charge is 0.324 e. The highest BCUT2D eigenvalue weighted by atomic mass is 35.5. The fourth-order valence-corrected chi connectivity index (χ4v) is 3.47. The molecule has 2 aromatic carbocycles. The maximum absolute atomic E-state index is 12.2. The molecule has 0 aliphatic heterocycles. The van der Waals surface area contributed by atoms with E-state index in [1.165, 1.54) is 11.8 Å². The van der Waals surface area contributed by atoms with Gasteiger partial charge < -0.3 is 9.88 Å². The van der Waals surface area contributed by atoms with Gasteiger partial charge in [0.1, 0.15) is 0 Å². The third kappa shape index (κ3) is 4.03. The Kier molecular flexibility index (Phi) is 5.86. The molecule has 1 N–H and O–H groups in total. The van der Waals surface area contributed by atoms with E-state index in [4.69, 9.17) is 23.2 Å². The van der Waals surface area contributed by atoms with Crippen LogP contribution in [0.25, 0.3) is 11.4 Å². The average Bonchev–Trinajstić information content (AvgIpc) is 2.98. The Balaban J connectivity index is 1.68. The van der Waals surface area contributed by atoms with Gasteiger partial charge in [-0.3, -0.25) is 4.79 Å². The SMILES string of the molecule is Cc1ccccc1-c1nnc(SCC(=O)Nc2cccc(Cl)c2Cl)n1C. The molecule has 0 radical (unpaired) electrons. The summed E-state index contributed by atoms with van der Waals surface area (Å²) >= 11 is 13.3. The van der Waals surface area contributed by atoms with Crippen LogP contribution in [-0.4, -0.2) is 26.4 Å². The topological polar surface area (TPSA) is 59.8 Å². The van der Waals surface area contributed by atoms with E-state index in [0.717, 1.165) is 17.0 Å². The van der Waals surface area contributed by atoms with Crippen LogP contribution in [0.3, 0.4) is 0 Å². The van der Waals surface area contributed by atoms with Crippen molar-refractivity contribution in [3.05, 3.63) is 58.1 Å².